The summed E-state index contributed by atoms with van der Waals surface area (Å²) in [4.78, 5) is 2.27. The van der Waals surface area contributed by atoms with Gasteiger partial charge in [-0.3, -0.25) is 0 Å². The summed E-state index contributed by atoms with van der Waals surface area (Å²) in [7, 11) is 3.87. The van der Waals surface area contributed by atoms with E-state index < -0.39 is 0 Å². The summed E-state index contributed by atoms with van der Waals surface area (Å²) < 4.78 is 5.52. The highest BCUT2D eigenvalue weighted by Gasteiger charge is 2.09. The van der Waals surface area contributed by atoms with Crippen LogP contribution in [0.1, 0.15) is 39.2 Å². The van der Waals surface area contributed by atoms with Crippen LogP contribution in [-0.2, 0) is 6.54 Å². The lowest BCUT2D eigenvalue weighted by atomic mass is 10.1. The Labute approximate surface area is 118 Å². The molecule has 0 atom stereocenters. The molecule has 0 saturated heterocycles. The van der Waals surface area contributed by atoms with E-state index in [2.05, 4.69) is 56.2 Å². The van der Waals surface area contributed by atoms with Gasteiger partial charge >= 0.3 is 0 Å². The van der Waals surface area contributed by atoms with E-state index in [9.17, 15) is 0 Å². The van der Waals surface area contributed by atoms with Crippen molar-refractivity contribution in [1.82, 2.24) is 5.32 Å². The molecule has 1 N–H and O–H groups in total. The van der Waals surface area contributed by atoms with E-state index in [0.29, 0.717) is 6.04 Å². The van der Waals surface area contributed by atoms with E-state index in [-0.39, 0.29) is 0 Å². The molecule has 0 radical (unpaired) electrons. The summed E-state index contributed by atoms with van der Waals surface area (Å²) in [6, 6.07) is 6.96. The Hall–Kier alpha value is -1.22. The molecule has 0 unspecified atom stereocenters. The molecule has 0 aliphatic heterocycles. The second kappa shape index (κ2) is 8.05. The first-order valence-corrected chi connectivity index (χ1v) is 7.20. The molecule has 0 aliphatic carbocycles. The lowest BCUT2D eigenvalue weighted by Gasteiger charge is -2.22. The zero-order chi connectivity index (χ0) is 14.3. The number of rotatable bonds is 8. The number of hydrogen-bond acceptors (Lipinski definition) is 3. The first-order valence-electron chi connectivity index (χ1n) is 7.20. The molecule has 19 heavy (non-hydrogen) atoms. The Bertz CT molecular complexity index is 377. The number of nitrogens with one attached hydrogen (secondary N) is 1. The van der Waals surface area contributed by atoms with Crippen LogP contribution in [0.3, 0.4) is 0 Å². The molecule has 1 rings (SSSR count). The Balaban J connectivity index is 2.77. The molecule has 0 aliphatic rings. The fraction of sp³-hybridized carbons (Fsp3) is 0.625. The van der Waals surface area contributed by atoms with Crippen LogP contribution in [0.15, 0.2) is 18.2 Å². The number of hydrogen-bond donors (Lipinski definition) is 1. The van der Waals surface area contributed by atoms with E-state index in [0.717, 1.165) is 18.8 Å². The molecular weight excluding hydrogens is 236 g/mol. The highest BCUT2D eigenvalue weighted by Crippen LogP contribution is 2.28. The summed E-state index contributed by atoms with van der Waals surface area (Å²) in [5.74, 6) is 0.960. The predicted octanol–water partition coefficient (Wildman–Crippen LogP) is 3.43. The monoisotopic (exact) mass is 264 g/mol. The van der Waals surface area contributed by atoms with Crippen molar-refractivity contribution in [3.05, 3.63) is 23.8 Å². The smallest absolute Gasteiger partial charge is 0.142 e. The molecule has 0 saturated carbocycles. The number of anilines is 1. The predicted molar refractivity (Wildman–Crippen MR) is 83.1 cm³/mol. The SMILES string of the molecule is CCCCN(C)c1ccc(CNC(C)C)cc1OC. The van der Waals surface area contributed by atoms with Gasteiger partial charge in [0.25, 0.3) is 0 Å². The minimum Gasteiger partial charge on any atom is -0.495 e. The van der Waals surface area contributed by atoms with Crippen LogP contribution in [0.4, 0.5) is 5.69 Å². The molecule has 0 bridgehead atoms. The third-order valence-electron chi connectivity index (χ3n) is 3.22. The van der Waals surface area contributed by atoms with Crippen molar-refractivity contribution in [2.75, 3.05) is 25.6 Å². The quantitative estimate of drug-likeness (QED) is 0.778. The van der Waals surface area contributed by atoms with Crippen LogP contribution in [0.2, 0.25) is 0 Å². The Morgan fingerprint density at radius 2 is 2.05 bits per heavy atom. The molecule has 0 spiro atoms. The van der Waals surface area contributed by atoms with Gasteiger partial charge in [-0.2, -0.15) is 0 Å². The van der Waals surface area contributed by atoms with Crippen LogP contribution < -0.4 is 15.0 Å². The normalized spacial score (nSPS) is 10.8. The first-order chi connectivity index (χ1) is 9.08. The zero-order valence-electron chi connectivity index (χ0n) is 13.0. The minimum absolute atomic E-state index is 0.498. The van der Waals surface area contributed by atoms with Gasteiger partial charge in [-0.1, -0.05) is 33.3 Å². The largest absolute Gasteiger partial charge is 0.495 e. The maximum absolute atomic E-state index is 5.52. The zero-order valence-corrected chi connectivity index (χ0v) is 13.0. The fourth-order valence-electron chi connectivity index (χ4n) is 1.99. The van der Waals surface area contributed by atoms with Crippen molar-refractivity contribution in [3.8, 4) is 5.75 Å². The van der Waals surface area contributed by atoms with Crippen molar-refractivity contribution >= 4 is 5.69 Å². The van der Waals surface area contributed by atoms with Gasteiger partial charge in [-0.15, -0.1) is 0 Å². The standard InChI is InChI=1S/C16H28N2O/c1-6-7-10-18(4)15-9-8-14(11-16(15)19-5)12-17-13(2)3/h8-9,11,13,17H,6-7,10,12H2,1-5H3. The average Bonchev–Trinajstić information content (AvgIpc) is 2.42. The molecular formula is C16H28N2O. The molecule has 3 nitrogen and oxygen atoms in total. The third-order valence-corrected chi connectivity index (χ3v) is 3.22. The molecule has 1 aromatic rings. The molecule has 0 aromatic heterocycles. The van der Waals surface area contributed by atoms with E-state index >= 15 is 0 Å². The molecule has 0 fully saturated rings. The molecule has 0 heterocycles. The highest BCUT2D eigenvalue weighted by atomic mass is 16.5. The molecule has 108 valence electrons. The van der Waals surface area contributed by atoms with Gasteiger partial charge in [0.15, 0.2) is 0 Å². The maximum Gasteiger partial charge on any atom is 0.142 e. The van der Waals surface area contributed by atoms with Crippen molar-refractivity contribution in [2.45, 2.75) is 46.2 Å². The molecule has 1 aromatic carbocycles. The maximum atomic E-state index is 5.52. The van der Waals surface area contributed by atoms with Crippen LogP contribution in [0.25, 0.3) is 0 Å². The van der Waals surface area contributed by atoms with Crippen LogP contribution in [0.5, 0.6) is 5.75 Å². The van der Waals surface area contributed by atoms with Gasteiger partial charge in [0.1, 0.15) is 5.75 Å². The van der Waals surface area contributed by atoms with Crippen molar-refractivity contribution in [3.63, 3.8) is 0 Å². The van der Waals surface area contributed by atoms with Gasteiger partial charge in [0, 0.05) is 26.2 Å². The van der Waals surface area contributed by atoms with Crippen LogP contribution >= 0.6 is 0 Å². The summed E-state index contributed by atoms with van der Waals surface area (Å²) in [5, 5.41) is 3.43. The second-order valence-electron chi connectivity index (χ2n) is 5.32. The number of methoxy groups -OCH3 is 1. The fourth-order valence-corrected chi connectivity index (χ4v) is 1.99. The van der Waals surface area contributed by atoms with Gasteiger partial charge in [0.05, 0.1) is 12.8 Å². The summed E-state index contributed by atoms with van der Waals surface area (Å²) >= 11 is 0. The van der Waals surface area contributed by atoms with Gasteiger partial charge < -0.3 is 15.0 Å². The number of nitrogens with zero attached hydrogens (tertiary/aromatic N) is 1. The van der Waals surface area contributed by atoms with Gasteiger partial charge in [-0.25, -0.2) is 0 Å². The summed E-state index contributed by atoms with van der Waals surface area (Å²) in [6.07, 6.45) is 2.42. The van der Waals surface area contributed by atoms with Crippen LogP contribution in [-0.4, -0.2) is 26.7 Å². The van der Waals surface area contributed by atoms with Gasteiger partial charge in [0.2, 0.25) is 0 Å². The molecule has 0 amide bonds. The van der Waals surface area contributed by atoms with E-state index in [1.165, 1.54) is 24.1 Å². The number of ether oxygens (including phenoxy) is 1. The molecule has 3 heteroatoms. The van der Waals surface area contributed by atoms with Gasteiger partial charge in [-0.05, 0) is 24.1 Å². The highest BCUT2D eigenvalue weighted by molar-refractivity contribution is 5.59. The van der Waals surface area contributed by atoms with E-state index in [1.807, 2.05) is 0 Å². The lowest BCUT2D eigenvalue weighted by Crippen LogP contribution is -2.22. The number of unbranched alkanes of at least 4 members (excludes halogenated alkanes) is 1. The minimum atomic E-state index is 0.498. The summed E-state index contributed by atoms with van der Waals surface area (Å²) in [6.45, 7) is 8.48. The first kappa shape index (κ1) is 15.8. The van der Waals surface area contributed by atoms with Crippen molar-refractivity contribution < 1.29 is 4.74 Å². The van der Waals surface area contributed by atoms with Crippen molar-refractivity contribution in [2.24, 2.45) is 0 Å². The lowest BCUT2D eigenvalue weighted by molar-refractivity contribution is 0.414. The summed E-state index contributed by atoms with van der Waals surface area (Å²) in [5.41, 5.74) is 2.43. The third kappa shape index (κ3) is 5.11. The topological polar surface area (TPSA) is 24.5 Å². The second-order valence-corrected chi connectivity index (χ2v) is 5.32. The number of benzene rings is 1. The Kier molecular flexibility index (Phi) is 6.71. The Morgan fingerprint density at radius 1 is 1.32 bits per heavy atom. The van der Waals surface area contributed by atoms with E-state index in [1.54, 1.807) is 7.11 Å². The van der Waals surface area contributed by atoms with Crippen LogP contribution in [0, 0.1) is 0 Å². The van der Waals surface area contributed by atoms with Crippen molar-refractivity contribution in [1.29, 1.82) is 0 Å². The average molecular weight is 264 g/mol. The Morgan fingerprint density at radius 3 is 2.63 bits per heavy atom. The van der Waals surface area contributed by atoms with E-state index in [4.69, 9.17) is 4.74 Å².